The number of hydrogen-bond acceptors (Lipinski definition) is 3. The first-order valence-electron chi connectivity index (χ1n) is 5.63. The second-order valence-corrected chi connectivity index (χ2v) is 5.66. The molecule has 2 atom stereocenters. The molecular formula is C11H19NO3S. The molecule has 1 aliphatic rings. The monoisotopic (exact) mass is 245 g/mol. The standard InChI is InChI=1S/C11H19NO3S/c1-4-10-12(9(13)5-7(2)3)8(6-16-10)11(14)15/h7-8,10H,4-6H2,1-3H3,(H,14,15). The Labute approximate surface area is 100 Å². The highest BCUT2D eigenvalue weighted by atomic mass is 32.2. The fourth-order valence-electron chi connectivity index (χ4n) is 1.86. The van der Waals surface area contributed by atoms with Gasteiger partial charge in [0.25, 0.3) is 0 Å². The van der Waals surface area contributed by atoms with Gasteiger partial charge in [-0.05, 0) is 12.3 Å². The Balaban J connectivity index is 2.77. The molecule has 1 amide bonds. The maximum absolute atomic E-state index is 12.0. The average Bonchev–Trinajstić information content (AvgIpc) is 2.59. The zero-order valence-corrected chi connectivity index (χ0v) is 10.8. The van der Waals surface area contributed by atoms with Crippen LogP contribution < -0.4 is 0 Å². The number of aliphatic carboxylic acids is 1. The molecule has 5 heteroatoms. The molecule has 0 aromatic rings. The number of carboxylic acids is 1. The first kappa shape index (κ1) is 13.4. The Bertz CT molecular complexity index is 280. The van der Waals surface area contributed by atoms with Crippen LogP contribution in [0, 0.1) is 5.92 Å². The summed E-state index contributed by atoms with van der Waals surface area (Å²) in [5.41, 5.74) is 0. The number of nitrogens with zero attached hydrogens (tertiary/aromatic N) is 1. The Hall–Kier alpha value is -0.710. The largest absolute Gasteiger partial charge is 0.480 e. The highest BCUT2D eigenvalue weighted by Crippen LogP contribution is 2.32. The fourth-order valence-corrected chi connectivity index (χ4v) is 3.23. The van der Waals surface area contributed by atoms with E-state index >= 15 is 0 Å². The van der Waals surface area contributed by atoms with Gasteiger partial charge in [0.1, 0.15) is 6.04 Å². The predicted octanol–water partition coefficient (Wildman–Crippen LogP) is 1.80. The van der Waals surface area contributed by atoms with Crippen molar-refractivity contribution in [2.75, 3.05) is 5.75 Å². The van der Waals surface area contributed by atoms with Crippen LogP contribution in [0.4, 0.5) is 0 Å². The van der Waals surface area contributed by atoms with Gasteiger partial charge in [0.05, 0.1) is 5.37 Å². The second kappa shape index (κ2) is 5.57. The summed E-state index contributed by atoms with van der Waals surface area (Å²) in [6.07, 6.45) is 1.24. The molecule has 1 fully saturated rings. The maximum Gasteiger partial charge on any atom is 0.327 e. The Morgan fingerprint density at radius 1 is 1.50 bits per heavy atom. The number of carboxylic acid groups (broad SMARTS) is 1. The van der Waals surface area contributed by atoms with E-state index in [2.05, 4.69) is 0 Å². The van der Waals surface area contributed by atoms with Crippen molar-refractivity contribution >= 4 is 23.6 Å². The van der Waals surface area contributed by atoms with Gasteiger partial charge in [0.15, 0.2) is 0 Å². The van der Waals surface area contributed by atoms with Crippen LogP contribution in [0.2, 0.25) is 0 Å². The molecule has 0 aromatic carbocycles. The first-order valence-corrected chi connectivity index (χ1v) is 6.67. The fraction of sp³-hybridized carbons (Fsp3) is 0.818. The third-order valence-electron chi connectivity index (χ3n) is 2.60. The Morgan fingerprint density at radius 3 is 2.56 bits per heavy atom. The van der Waals surface area contributed by atoms with Crippen LogP contribution in [0.15, 0.2) is 0 Å². The lowest BCUT2D eigenvalue weighted by Gasteiger charge is -2.27. The van der Waals surface area contributed by atoms with Gasteiger partial charge in [-0.1, -0.05) is 20.8 Å². The molecule has 1 rings (SSSR count). The molecule has 0 radical (unpaired) electrons. The molecular weight excluding hydrogens is 226 g/mol. The number of rotatable bonds is 4. The maximum atomic E-state index is 12.0. The van der Waals surface area contributed by atoms with Gasteiger partial charge in [-0.3, -0.25) is 4.79 Å². The van der Waals surface area contributed by atoms with Crippen molar-refractivity contribution in [3.8, 4) is 0 Å². The summed E-state index contributed by atoms with van der Waals surface area (Å²) in [7, 11) is 0. The van der Waals surface area contributed by atoms with Crippen LogP contribution in [-0.4, -0.2) is 39.1 Å². The highest BCUT2D eigenvalue weighted by molar-refractivity contribution is 8.00. The summed E-state index contributed by atoms with van der Waals surface area (Å²) in [5, 5.41) is 9.11. The number of carbonyl (C=O) groups is 2. The highest BCUT2D eigenvalue weighted by Gasteiger charge is 2.40. The van der Waals surface area contributed by atoms with Gasteiger partial charge in [0.2, 0.25) is 5.91 Å². The van der Waals surface area contributed by atoms with E-state index < -0.39 is 12.0 Å². The van der Waals surface area contributed by atoms with E-state index in [1.165, 1.54) is 0 Å². The minimum atomic E-state index is -0.888. The van der Waals surface area contributed by atoms with Crippen LogP contribution in [0.1, 0.15) is 33.6 Å². The van der Waals surface area contributed by atoms with E-state index in [1.54, 1.807) is 16.7 Å². The number of amides is 1. The minimum Gasteiger partial charge on any atom is -0.480 e. The summed E-state index contributed by atoms with van der Waals surface area (Å²) in [4.78, 5) is 24.6. The van der Waals surface area contributed by atoms with Gasteiger partial charge < -0.3 is 10.0 Å². The van der Waals surface area contributed by atoms with Crippen LogP contribution in [0.5, 0.6) is 0 Å². The molecule has 0 aromatic heterocycles. The molecule has 0 aliphatic carbocycles. The van der Waals surface area contributed by atoms with Gasteiger partial charge in [0, 0.05) is 12.2 Å². The van der Waals surface area contributed by atoms with Crippen molar-refractivity contribution in [3.63, 3.8) is 0 Å². The summed E-state index contributed by atoms with van der Waals surface area (Å²) in [6, 6.07) is -0.638. The molecule has 0 bridgehead atoms. The average molecular weight is 245 g/mol. The van der Waals surface area contributed by atoms with E-state index in [0.717, 1.165) is 6.42 Å². The molecule has 16 heavy (non-hydrogen) atoms. The summed E-state index contributed by atoms with van der Waals surface area (Å²) in [6.45, 7) is 5.92. The molecule has 0 spiro atoms. The van der Waals surface area contributed by atoms with E-state index in [-0.39, 0.29) is 17.2 Å². The number of thioether (sulfide) groups is 1. The molecule has 4 nitrogen and oxygen atoms in total. The zero-order chi connectivity index (χ0) is 12.3. The lowest BCUT2D eigenvalue weighted by molar-refractivity contribution is -0.149. The van der Waals surface area contributed by atoms with Crippen LogP contribution >= 0.6 is 11.8 Å². The van der Waals surface area contributed by atoms with Gasteiger partial charge in [-0.2, -0.15) is 0 Å². The third kappa shape index (κ3) is 2.90. The van der Waals surface area contributed by atoms with Crippen molar-refractivity contribution < 1.29 is 14.7 Å². The number of hydrogen-bond donors (Lipinski definition) is 1. The molecule has 1 aliphatic heterocycles. The molecule has 92 valence electrons. The van der Waals surface area contributed by atoms with Gasteiger partial charge >= 0.3 is 5.97 Å². The predicted molar refractivity (Wildman–Crippen MR) is 64.3 cm³/mol. The van der Waals surface area contributed by atoms with Gasteiger partial charge in [-0.15, -0.1) is 11.8 Å². The van der Waals surface area contributed by atoms with Crippen molar-refractivity contribution in [2.24, 2.45) is 5.92 Å². The first-order chi connectivity index (χ1) is 7.47. The second-order valence-electron chi connectivity index (χ2n) is 4.45. The molecule has 1 N–H and O–H groups in total. The van der Waals surface area contributed by atoms with Crippen molar-refractivity contribution in [1.82, 2.24) is 4.90 Å². The van der Waals surface area contributed by atoms with Crippen LogP contribution in [-0.2, 0) is 9.59 Å². The summed E-state index contributed by atoms with van der Waals surface area (Å²) >= 11 is 1.57. The molecule has 1 heterocycles. The smallest absolute Gasteiger partial charge is 0.327 e. The third-order valence-corrected chi connectivity index (χ3v) is 4.05. The Morgan fingerprint density at radius 2 is 2.12 bits per heavy atom. The lowest BCUT2D eigenvalue weighted by Crippen LogP contribution is -2.45. The quantitative estimate of drug-likeness (QED) is 0.820. The molecule has 1 saturated heterocycles. The number of carbonyl (C=O) groups excluding carboxylic acids is 1. The summed E-state index contributed by atoms with van der Waals surface area (Å²) in [5.74, 6) is -0.137. The molecule has 2 unspecified atom stereocenters. The van der Waals surface area contributed by atoms with Crippen molar-refractivity contribution in [2.45, 2.75) is 45.0 Å². The topological polar surface area (TPSA) is 57.6 Å². The van der Waals surface area contributed by atoms with Gasteiger partial charge in [-0.25, -0.2) is 4.79 Å². The van der Waals surface area contributed by atoms with Crippen LogP contribution in [0.25, 0.3) is 0 Å². The zero-order valence-electron chi connectivity index (χ0n) is 9.97. The SMILES string of the molecule is CCC1SCC(C(=O)O)N1C(=O)CC(C)C. The minimum absolute atomic E-state index is 0.0285. The van der Waals surface area contributed by atoms with E-state index in [9.17, 15) is 9.59 Å². The van der Waals surface area contributed by atoms with E-state index in [1.807, 2.05) is 20.8 Å². The normalized spacial score (nSPS) is 25.1. The molecule has 0 saturated carbocycles. The lowest BCUT2D eigenvalue weighted by atomic mass is 10.1. The van der Waals surface area contributed by atoms with Crippen molar-refractivity contribution in [3.05, 3.63) is 0 Å². The van der Waals surface area contributed by atoms with E-state index in [0.29, 0.717) is 12.2 Å². The Kier molecular flexibility index (Phi) is 4.65. The summed E-state index contributed by atoms with van der Waals surface area (Å²) < 4.78 is 0. The van der Waals surface area contributed by atoms with E-state index in [4.69, 9.17) is 5.11 Å². The van der Waals surface area contributed by atoms with Crippen molar-refractivity contribution in [1.29, 1.82) is 0 Å². The van der Waals surface area contributed by atoms with Crippen LogP contribution in [0.3, 0.4) is 0 Å².